The molecule has 7 heteroatoms. The van der Waals surface area contributed by atoms with Gasteiger partial charge in [0.2, 0.25) is 0 Å². The lowest BCUT2D eigenvalue weighted by molar-refractivity contribution is 0.0925. The summed E-state index contributed by atoms with van der Waals surface area (Å²) in [5, 5.41) is 12.3. The second kappa shape index (κ2) is 6.48. The topological polar surface area (TPSA) is 86.8 Å². The van der Waals surface area contributed by atoms with Crippen molar-refractivity contribution in [2.45, 2.75) is 18.9 Å². The Morgan fingerprint density at radius 2 is 2.39 bits per heavy atom. The average Bonchev–Trinajstić information content (AvgIpc) is 3.01. The summed E-state index contributed by atoms with van der Waals surface area (Å²) in [7, 11) is 1.79. The van der Waals surface area contributed by atoms with E-state index in [9.17, 15) is 10.1 Å². The molecule has 1 fully saturated rings. The molecule has 0 aliphatic carbocycles. The van der Waals surface area contributed by atoms with Crippen molar-refractivity contribution in [1.29, 1.82) is 5.26 Å². The highest BCUT2D eigenvalue weighted by atomic mass is 16.2. The largest absolute Gasteiger partial charge is 0.353 e. The number of pyridine rings is 1. The standard InChI is InChI=1S/C16H18N6O/c1-21-11-18-9-14(21)16(23)20-13-5-3-7-22(10-13)15-12(8-17)4-2-6-19-15/h2,4,6,9,11,13H,3,5,7,10H2,1H3,(H,20,23). The molecule has 0 saturated carbocycles. The highest BCUT2D eigenvalue weighted by molar-refractivity contribution is 5.92. The van der Waals surface area contributed by atoms with Crippen molar-refractivity contribution >= 4 is 11.7 Å². The Kier molecular flexibility index (Phi) is 4.24. The first kappa shape index (κ1) is 15.0. The third-order valence-corrected chi connectivity index (χ3v) is 4.01. The van der Waals surface area contributed by atoms with Crippen molar-refractivity contribution in [2.24, 2.45) is 7.05 Å². The van der Waals surface area contributed by atoms with Crippen LogP contribution < -0.4 is 10.2 Å². The van der Waals surface area contributed by atoms with Gasteiger partial charge < -0.3 is 14.8 Å². The van der Waals surface area contributed by atoms with Crippen molar-refractivity contribution < 1.29 is 4.79 Å². The summed E-state index contributed by atoms with van der Waals surface area (Å²) in [5.74, 6) is 0.563. The van der Waals surface area contributed by atoms with Gasteiger partial charge in [-0.05, 0) is 25.0 Å². The van der Waals surface area contributed by atoms with Crippen LogP contribution in [0.2, 0.25) is 0 Å². The summed E-state index contributed by atoms with van der Waals surface area (Å²) in [6.45, 7) is 1.49. The number of carbonyl (C=O) groups excluding carboxylic acids is 1. The van der Waals surface area contributed by atoms with E-state index in [1.165, 1.54) is 0 Å². The second-order valence-electron chi connectivity index (χ2n) is 5.63. The van der Waals surface area contributed by atoms with Gasteiger partial charge in [0, 0.05) is 32.4 Å². The minimum atomic E-state index is -0.127. The molecule has 1 aliphatic rings. The molecule has 1 unspecified atom stereocenters. The number of aromatic nitrogens is 3. The van der Waals surface area contributed by atoms with Gasteiger partial charge in [-0.3, -0.25) is 4.79 Å². The lowest BCUT2D eigenvalue weighted by Gasteiger charge is -2.34. The van der Waals surface area contributed by atoms with Crippen molar-refractivity contribution in [2.75, 3.05) is 18.0 Å². The van der Waals surface area contributed by atoms with Crippen molar-refractivity contribution in [1.82, 2.24) is 19.9 Å². The Labute approximate surface area is 134 Å². The molecule has 7 nitrogen and oxygen atoms in total. The van der Waals surface area contributed by atoms with E-state index in [1.807, 2.05) is 0 Å². The van der Waals surface area contributed by atoms with Gasteiger partial charge in [-0.25, -0.2) is 9.97 Å². The quantitative estimate of drug-likeness (QED) is 0.917. The molecule has 0 spiro atoms. The number of piperidine rings is 1. The van der Waals surface area contributed by atoms with E-state index in [1.54, 1.807) is 42.5 Å². The molecule has 0 radical (unpaired) electrons. The molecular weight excluding hydrogens is 292 g/mol. The summed E-state index contributed by atoms with van der Waals surface area (Å²) in [6, 6.07) is 5.72. The van der Waals surface area contributed by atoms with Gasteiger partial charge in [-0.1, -0.05) is 0 Å². The first-order valence-corrected chi connectivity index (χ1v) is 7.56. The number of anilines is 1. The Hall–Kier alpha value is -2.88. The summed E-state index contributed by atoms with van der Waals surface area (Å²) in [5.41, 5.74) is 1.10. The maximum Gasteiger partial charge on any atom is 0.269 e. The number of nitriles is 1. The number of amides is 1. The summed E-state index contributed by atoms with van der Waals surface area (Å²) in [6.07, 6.45) is 6.71. The first-order chi connectivity index (χ1) is 11.2. The van der Waals surface area contributed by atoms with Gasteiger partial charge in [0.1, 0.15) is 17.6 Å². The van der Waals surface area contributed by atoms with E-state index in [4.69, 9.17) is 0 Å². The van der Waals surface area contributed by atoms with Crippen molar-refractivity contribution in [3.05, 3.63) is 42.1 Å². The zero-order valence-electron chi connectivity index (χ0n) is 12.9. The number of imidazole rings is 1. The molecule has 0 bridgehead atoms. The summed E-state index contributed by atoms with van der Waals surface area (Å²) in [4.78, 5) is 22.7. The van der Waals surface area contributed by atoms with Crippen LogP contribution in [0.15, 0.2) is 30.9 Å². The molecule has 2 aromatic heterocycles. The predicted molar refractivity (Wildman–Crippen MR) is 84.9 cm³/mol. The molecule has 1 saturated heterocycles. The minimum Gasteiger partial charge on any atom is -0.353 e. The van der Waals surface area contributed by atoms with E-state index < -0.39 is 0 Å². The number of carbonyl (C=O) groups is 1. The molecular formula is C16H18N6O. The fourth-order valence-corrected chi connectivity index (χ4v) is 2.86. The zero-order chi connectivity index (χ0) is 16.2. The zero-order valence-corrected chi connectivity index (χ0v) is 12.9. The fourth-order valence-electron chi connectivity index (χ4n) is 2.86. The number of nitrogens with zero attached hydrogens (tertiary/aromatic N) is 5. The lowest BCUT2D eigenvalue weighted by atomic mass is 10.0. The van der Waals surface area contributed by atoms with Gasteiger partial charge in [0.25, 0.3) is 5.91 Å². The SMILES string of the molecule is Cn1cncc1C(=O)NC1CCCN(c2ncccc2C#N)C1. The molecule has 0 aromatic carbocycles. The smallest absolute Gasteiger partial charge is 0.269 e. The molecule has 23 heavy (non-hydrogen) atoms. The molecule has 1 amide bonds. The highest BCUT2D eigenvalue weighted by Crippen LogP contribution is 2.21. The Balaban J connectivity index is 1.70. The van der Waals surface area contributed by atoms with Crippen LogP contribution in [-0.4, -0.2) is 39.6 Å². The van der Waals surface area contributed by atoms with Crippen LogP contribution in [0.4, 0.5) is 5.82 Å². The highest BCUT2D eigenvalue weighted by Gasteiger charge is 2.24. The van der Waals surface area contributed by atoms with Gasteiger partial charge in [0.15, 0.2) is 0 Å². The van der Waals surface area contributed by atoms with Gasteiger partial charge in [0.05, 0.1) is 18.1 Å². The van der Waals surface area contributed by atoms with E-state index in [2.05, 4.69) is 26.3 Å². The van der Waals surface area contributed by atoms with Crippen LogP contribution in [0.1, 0.15) is 28.9 Å². The van der Waals surface area contributed by atoms with Crippen molar-refractivity contribution in [3.63, 3.8) is 0 Å². The number of rotatable bonds is 3. The van der Waals surface area contributed by atoms with Crippen molar-refractivity contribution in [3.8, 4) is 6.07 Å². The Bertz CT molecular complexity index is 747. The van der Waals surface area contributed by atoms with Gasteiger partial charge in [-0.15, -0.1) is 0 Å². The predicted octanol–water partition coefficient (Wildman–Crippen LogP) is 1.09. The number of nitrogens with one attached hydrogen (secondary N) is 1. The Morgan fingerprint density at radius 3 is 3.13 bits per heavy atom. The molecule has 3 heterocycles. The van der Waals surface area contributed by atoms with Crippen LogP contribution in [0.5, 0.6) is 0 Å². The van der Waals surface area contributed by atoms with Gasteiger partial charge >= 0.3 is 0 Å². The van der Waals surface area contributed by atoms with E-state index in [-0.39, 0.29) is 11.9 Å². The average molecular weight is 310 g/mol. The van der Waals surface area contributed by atoms with Crippen LogP contribution >= 0.6 is 0 Å². The van der Waals surface area contributed by atoms with E-state index in [0.717, 1.165) is 19.4 Å². The molecule has 3 rings (SSSR count). The van der Waals surface area contributed by atoms with Crippen LogP contribution in [0.3, 0.4) is 0 Å². The molecule has 1 aliphatic heterocycles. The van der Waals surface area contributed by atoms with Crippen LogP contribution in [0, 0.1) is 11.3 Å². The molecule has 1 atom stereocenters. The first-order valence-electron chi connectivity index (χ1n) is 7.56. The van der Waals surface area contributed by atoms with E-state index in [0.29, 0.717) is 23.6 Å². The number of aryl methyl sites for hydroxylation is 1. The molecule has 1 N–H and O–H groups in total. The minimum absolute atomic E-state index is 0.0275. The van der Waals surface area contributed by atoms with Crippen LogP contribution in [0.25, 0.3) is 0 Å². The Morgan fingerprint density at radius 1 is 1.52 bits per heavy atom. The fraction of sp³-hybridized carbons (Fsp3) is 0.375. The second-order valence-corrected chi connectivity index (χ2v) is 5.63. The van der Waals surface area contributed by atoms with Crippen LogP contribution in [-0.2, 0) is 7.05 Å². The third-order valence-electron chi connectivity index (χ3n) is 4.01. The summed E-state index contributed by atoms with van der Waals surface area (Å²) >= 11 is 0. The monoisotopic (exact) mass is 310 g/mol. The number of hydrogen-bond acceptors (Lipinski definition) is 5. The lowest BCUT2D eigenvalue weighted by Crippen LogP contribution is -2.48. The van der Waals surface area contributed by atoms with E-state index >= 15 is 0 Å². The maximum absolute atomic E-state index is 12.3. The third kappa shape index (κ3) is 3.16. The summed E-state index contributed by atoms with van der Waals surface area (Å²) < 4.78 is 1.70. The molecule has 118 valence electrons. The maximum atomic E-state index is 12.3. The number of hydrogen-bond donors (Lipinski definition) is 1. The normalized spacial score (nSPS) is 17.6. The molecule has 2 aromatic rings. The van der Waals surface area contributed by atoms with Gasteiger partial charge in [-0.2, -0.15) is 5.26 Å².